The minimum Gasteiger partial charge on any atom is -0.497 e. The molecule has 2 aliphatic rings. The summed E-state index contributed by atoms with van der Waals surface area (Å²) in [5.74, 6) is 1.58. The number of hydrogen-bond donors (Lipinski definition) is 1. The molecule has 1 fully saturated rings. The Morgan fingerprint density at radius 1 is 0.931 bits per heavy atom. The van der Waals surface area contributed by atoms with Crippen LogP contribution in [0.3, 0.4) is 0 Å². The van der Waals surface area contributed by atoms with Crippen molar-refractivity contribution < 1.29 is 4.74 Å². The number of benzene rings is 3. The van der Waals surface area contributed by atoms with Crippen molar-refractivity contribution >= 4 is 24.0 Å². The normalized spacial score (nSPS) is 21.9. The molecule has 0 amide bonds. The monoisotopic (exact) mass is 425 g/mol. The van der Waals surface area contributed by atoms with Crippen LogP contribution in [-0.2, 0) is 6.42 Å². The van der Waals surface area contributed by atoms with Crippen molar-refractivity contribution in [1.29, 1.82) is 0 Å². The standard InChI is InChI=1S/C25H24ClNO.ClH/c1-28-21-12-8-19-9-13-24(22(19)14-21)27-25-15-23(25)18-4-2-16(3-5-18)17-6-10-20(26)11-7-17;/h2-8,10-12,14,23-25,27H,9,13,15H2,1H3;1H/t23?,24?,25-;/m0./s1. The molecular weight excluding hydrogens is 401 g/mol. The average Bonchev–Trinajstić information content (AvgIpc) is 3.40. The Bertz CT molecular complexity index is 985. The first-order valence-corrected chi connectivity index (χ1v) is 10.4. The molecule has 0 spiro atoms. The first kappa shape index (κ1) is 20.3. The van der Waals surface area contributed by atoms with Gasteiger partial charge in [-0.1, -0.05) is 54.1 Å². The third-order valence-corrected chi connectivity index (χ3v) is 6.40. The van der Waals surface area contributed by atoms with E-state index in [1.54, 1.807) is 7.11 Å². The van der Waals surface area contributed by atoms with Crippen LogP contribution in [0.15, 0.2) is 66.7 Å². The molecule has 2 unspecified atom stereocenters. The lowest BCUT2D eigenvalue weighted by Crippen LogP contribution is -2.22. The molecule has 3 aromatic carbocycles. The second kappa shape index (κ2) is 8.39. The molecule has 3 aromatic rings. The first-order valence-electron chi connectivity index (χ1n) is 10.00. The lowest BCUT2D eigenvalue weighted by molar-refractivity contribution is 0.413. The predicted molar refractivity (Wildman–Crippen MR) is 122 cm³/mol. The van der Waals surface area contributed by atoms with Crippen LogP contribution in [0.5, 0.6) is 5.75 Å². The van der Waals surface area contributed by atoms with Gasteiger partial charge in [0.1, 0.15) is 5.75 Å². The highest BCUT2D eigenvalue weighted by atomic mass is 35.5. The summed E-state index contributed by atoms with van der Waals surface area (Å²) in [5.41, 5.74) is 6.75. The first-order chi connectivity index (χ1) is 13.7. The third kappa shape index (κ3) is 4.16. The topological polar surface area (TPSA) is 21.3 Å². The summed E-state index contributed by atoms with van der Waals surface area (Å²) in [7, 11) is 1.74. The van der Waals surface area contributed by atoms with Crippen LogP contribution < -0.4 is 10.1 Å². The van der Waals surface area contributed by atoms with E-state index in [9.17, 15) is 0 Å². The van der Waals surface area contributed by atoms with Crippen LogP contribution in [0.2, 0.25) is 5.02 Å². The zero-order valence-corrected chi connectivity index (χ0v) is 18.0. The smallest absolute Gasteiger partial charge is 0.119 e. The Balaban J connectivity index is 0.00000205. The highest BCUT2D eigenvalue weighted by molar-refractivity contribution is 6.30. The van der Waals surface area contributed by atoms with Crippen LogP contribution >= 0.6 is 24.0 Å². The SMILES string of the molecule is COc1ccc2c(c1)C(N[C@H]1CC1c1ccc(-c3ccc(Cl)cc3)cc1)CC2.Cl. The zero-order chi connectivity index (χ0) is 19.1. The Hall–Kier alpha value is -2.00. The Kier molecular flexibility index (Phi) is 5.87. The zero-order valence-electron chi connectivity index (χ0n) is 16.4. The fourth-order valence-electron chi connectivity index (χ4n) is 4.45. The van der Waals surface area contributed by atoms with Crippen molar-refractivity contribution in [2.75, 3.05) is 7.11 Å². The number of aryl methyl sites for hydroxylation is 1. The number of halogens is 2. The number of fused-ring (bicyclic) bond motifs is 1. The molecule has 0 bridgehead atoms. The summed E-state index contributed by atoms with van der Waals surface area (Å²) in [5, 5.41) is 4.67. The molecule has 5 rings (SSSR count). The molecule has 1 saturated carbocycles. The summed E-state index contributed by atoms with van der Waals surface area (Å²) < 4.78 is 5.42. The van der Waals surface area contributed by atoms with Gasteiger partial charge in [0.15, 0.2) is 0 Å². The molecule has 0 radical (unpaired) electrons. The van der Waals surface area contributed by atoms with Gasteiger partial charge < -0.3 is 10.1 Å². The summed E-state index contributed by atoms with van der Waals surface area (Å²) in [4.78, 5) is 0. The van der Waals surface area contributed by atoms with E-state index < -0.39 is 0 Å². The third-order valence-electron chi connectivity index (χ3n) is 6.15. The van der Waals surface area contributed by atoms with Gasteiger partial charge >= 0.3 is 0 Å². The fourth-order valence-corrected chi connectivity index (χ4v) is 4.58. The molecule has 0 aromatic heterocycles. The average molecular weight is 426 g/mol. The molecule has 0 saturated heterocycles. The Morgan fingerprint density at radius 3 is 2.31 bits per heavy atom. The summed E-state index contributed by atoms with van der Waals surface area (Å²) in [6, 6.07) is 24.6. The van der Waals surface area contributed by atoms with Crippen molar-refractivity contribution in [3.05, 3.63) is 88.4 Å². The molecule has 4 heteroatoms. The van der Waals surface area contributed by atoms with Crippen LogP contribution in [0.4, 0.5) is 0 Å². The predicted octanol–water partition coefficient (Wildman–Crippen LogP) is 6.57. The van der Waals surface area contributed by atoms with Gasteiger partial charge in [0.25, 0.3) is 0 Å². The highest BCUT2D eigenvalue weighted by Crippen LogP contribution is 2.44. The van der Waals surface area contributed by atoms with Crippen LogP contribution in [0, 0.1) is 0 Å². The van der Waals surface area contributed by atoms with Crippen molar-refractivity contribution in [1.82, 2.24) is 5.32 Å². The number of methoxy groups -OCH3 is 1. The summed E-state index contributed by atoms with van der Waals surface area (Å²) >= 11 is 5.99. The van der Waals surface area contributed by atoms with E-state index in [0.29, 0.717) is 18.0 Å². The van der Waals surface area contributed by atoms with Crippen LogP contribution in [0.1, 0.15) is 41.5 Å². The summed E-state index contributed by atoms with van der Waals surface area (Å²) in [6.07, 6.45) is 3.56. The maximum atomic E-state index is 5.99. The van der Waals surface area contributed by atoms with E-state index in [-0.39, 0.29) is 12.4 Å². The van der Waals surface area contributed by atoms with Gasteiger partial charge in [-0.15, -0.1) is 12.4 Å². The van der Waals surface area contributed by atoms with E-state index in [0.717, 1.165) is 17.2 Å². The minimum absolute atomic E-state index is 0. The lowest BCUT2D eigenvalue weighted by atomic mass is 10.0. The van der Waals surface area contributed by atoms with E-state index in [1.165, 1.54) is 40.7 Å². The van der Waals surface area contributed by atoms with Gasteiger partial charge in [-0.25, -0.2) is 0 Å². The maximum Gasteiger partial charge on any atom is 0.119 e. The Morgan fingerprint density at radius 2 is 1.62 bits per heavy atom. The van der Waals surface area contributed by atoms with Gasteiger partial charge in [0.2, 0.25) is 0 Å². The van der Waals surface area contributed by atoms with Gasteiger partial charge in [-0.2, -0.15) is 0 Å². The van der Waals surface area contributed by atoms with E-state index in [1.807, 2.05) is 12.1 Å². The number of nitrogens with one attached hydrogen (secondary N) is 1. The number of ether oxygens (including phenoxy) is 1. The van der Waals surface area contributed by atoms with Gasteiger partial charge in [-0.05, 0) is 71.3 Å². The molecular formula is C25H25Cl2NO. The van der Waals surface area contributed by atoms with Gasteiger partial charge in [0, 0.05) is 23.0 Å². The molecule has 0 heterocycles. The molecule has 3 atom stereocenters. The lowest BCUT2D eigenvalue weighted by Gasteiger charge is -2.15. The molecule has 2 nitrogen and oxygen atoms in total. The van der Waals surface area contributed by atoms with E-state index in [2.05, 4.69) is 59.9 Å². The highest BCUT2D eigenvalue weighted by Gasteiger charge is 2.40. The molecule has 29 heavy (non-hydrogen) atoms. The van der Waals surface area contributed by atoms with Crippen molar-refractivity contribution in [2.24, 2.45) is 0 Å². The van der Waals surface area contributed by atoms with E-state index in [4.69, 9.17) is 16.3 Å². The van der Waals surface area contributed by atoms with Crippen molar-refractivity contribution in [3.63, 3.8) is 0 Å². The van der Waals surface area contributed by atoms with Gasteiger partial charge in [0.05, 0.1) is 7.11 Å². The fraction of sp³-hybridized carbons (Fsp3) is 0.280. The molecule has 150 valence electrons. The number of hydrogen-bond acceptors (Lipinski definition) is 2. The number of rotatable bonds is 5. The maximum absolute atomic E-state index is 5.99. The van der Waals surface area contributed by atoms with Crippen molar-refractivity contribution in [2.45, 2.75) is 37.3 Å². The van der Waals surface area contributed by atoms with E-state index >= 15 is 0 Å². The molecule has 2 aliphatic carbocycles. The minimum atomic E-state index is 0. The quantitative estimate of drug-likeness (QED) is 0.498. The Labute approximate surface area is 183 Å². The largest absolute Gasteiger partial charge is 0.497 e. The summed E-state index contributed by atoms with van der Waals surface area (Å²) in [6.45, 7) is 0. The molecule has 1 N–H and O–H groups in total. The van der Waals surface area contributed by atoms with Crippen LogP contribution in [0.25, 0.3) is 11.1 Å². The second-order valence-electron chi connectivity index (χ2n) is 7.90. The molecule has 0 aliphatic heterocycles. The van der Waals surface area contributed by atoms with Crippen molar-refractivity contribution in [3.8, 4) is 16.9 Å². The van der Waals surface area contributed by atoms with Crippen LogP contribution in [-0.4, -0.2) is 13.2 Å². The van der Waals surface area contributed by atoms with Gasteiger partial charge in [-0.3, -0.25) is 0 Å². The second-order valence-corrected chi connectivity index (χ2v) is 8.34.